The molecule has 0 aromatic rings. The Bertz CT molecular complexity index is 184. The summed E-state index contributed by atoms with van der Waals surface area (Å²) >= 11 is 0. The van der Waals surface area contributed by atoms with Gasteiger partial charge in [0.2, 0.25) is 0 Å². The highest BCUT2D eigenvalue weighted by molar-refractivity contribution is 4.67. The van der Waals surface area contributed by atoms with Crippen LogP contribution in [-0.2, 0) is 0 Å². The summed E-state index contributed by atoms with van der Waals surface area (Å²) < 4.78 is 0. The molecule has 0 saturated carbocycles. The van der Waals surface area contributed by atoms with Crippen molar-refractivity contribution < 1.29 is 0 Å². The molecule has 0 aromatic carbocycles. The summed E-state index contributed by atoms with van der Waals surface area (Å²) in [7, 11) is 0. The van der Waals surface area contributed by atoms with Crippen molar-refractivity contribution in [3.05, 3.63) is 0 Å². The van der Waals surface area contributed by atoms with Crippen LogP contribution < -0.4 is 0 Å². The first-order valence-electron chi connectivity index (χ1n) is 11.2. The molecule has 2 aliphatic heterocycles. The van der Waals surface area contributed by atoms with E-state index in [9.17, 15) is 0 Å². The molecule has 2 fully saturated rings. The quantitative estimate of drug-likeness (QED) is 0.550. The minimum absolute atomic E-state index is 0.943. The van der Waals surface area contributed by atoms with Crippen LogP contribution in [-0.4, -0.2) is 49.1 Å². The largest absolute Gasteiger partial charge is 0.304 e. The second-order valence-electron chi connectivity index (χ2n) is 5.99. The van der Waals surface area contributed by atoms with Crippen molar-refractivity contribution in [2.75, 3.05) is 39.3 Å². The van der Waals surface area contributed by atoms with Crippen LogP contribution in [0.4, 0.5) is 0 Å². The van der Waals surface area contributed by atoms with E-state index in [4.69, 9.17) is 0 Å². The lowest BCUT2D eigenvalue weighted by atomic mass is 10.0. The van der Waals surface area contributed by atoms with Crippen LogP contribution in [0.5, 0.6) is 0 Å². The second-order valence-corrected chi connectivity index (χ2v) is 5.99. The van der Waals surface area contributed by atoms with Gasteiger partial charge in [-0.3, -0.25) is 0 Å². The fourth-order valence-electron chi connectivity index (χ4n) is 3.03. The summed E-state index contributed by atoms with van der Waals surface area (Å²) in [6, 6.07) is 0. The molecular weight excluding hydrogens is 292 g/mol. The molecule has 2 saturated heterocycles. The summed E-state index contributed by atoms with van der Waals surface area (Å²) in [5.41, 5.74) is 0. The van der Waals surface area contributed by atoms with Crippen LogP contribution in [0.15, 0.2) is 0 Å². The van der Waals surface area contributed by atoms with E-state index in [1.807, 2.05) is 41.5 Å². The highest BCUT2D eigenvalue weighted by Gasteiger charge is 2.13. The van der Waals surface area contributed by atoms with Crippen LogP contribution in [0.1, 0.15) is 101 Å². The summed E-state index contributed by atoms with van der Waals surface area (Å²) in [4.78, 5) is 5.08. The van der Waals surface area contributed by atoms with E-state index in [0.29, 0.717) is 0 Å². The molecule has 0 radical (unpaired) electrons. The molecule has 0 aromatic heterocycles. The maximum atomic E-state index is 2.55. The van der Waals surface area contributed by atoms with E-state index < -0.39 is 0 Å². The second kappa shape index (κ2) is 25.2. The van der Waals surface area contributed by atoms with E-state index >= 15 is 0 Å². The van der Waals surface area contributed by atoms with Gasteiger partial charge in [0.05, 0.1) is 0 Å². The van der Waals surface area contributed by atoms with Gasteiger partial charge in [-0.05, 0) is 64.3 Å². The molecule has 0 bridgehead atoms. The molecule has 0 amide bonds. The van der Waals surface area contributed by atoms with Crippen molar-refractivity contribution >= 4 is 0 Å². The Balaban J connectivity index is -0.000000281. The number of likely N-dealkylation sites (tertiary alicyclic amines) is 2. The van der Waals surface area contributed by atoms with Crippen LogP contribution in [0.2, 0.25) is 0 Å². The molecular formula is C22H52N2. The Labute approximate surface area is 156 Å². The topological polar surface area (TPSA) is 6.48 Å². The van der Waals surface area contributed by atoms with E-state index in [2.05, 4.69) is 30.6 Å². The zero-order chi connectivity index (χ0) is 19.2. The van der Waals surface area contributed by atoms with Crippen molar-refractivity contribution in [2.24, 2.45) is 5.92 Å². The Kier molecular flexibility index (Phi) is 30.1. The maximum absolute atomic E-state index is 2.55. The lowest BCUT2D eigenvalue weighted by Gasteiger charge is -2.29. The SMILES string of the molecule is CC.CC.CC.CCN1CCCC(C)C1.CCN1CCCCCC1. The van der Waals surface area contributed by atoms with E-state index in [-0.39, 0.29) is 0 Å². The molecule has 24 heavy (non-hydrogen) atoms. The van der Waals surface area contributed by atoms with Crippen LogP contribution in [0, 0.1) is 5.92 Å². The van der Waals surface area contributed by atoms with Crippen molar-refractivity contribution in [1.82, 2.24) is 9.80 Å². The molecule has 150 valence electrons. The predicted molar refractivity (Wildman–Crippen MR) is 115 cm³/mol. The minimum atomic E-state index is 0.943. The van der Waals surface area contributed by atoms with Gasteiger partial charge < -0.3 is 9.80 Å². The van der Waals surface area contributed by atoms with E-state index in [0.717, 1.165) is 5.92 Å². The molecule has 1 atom stereocenters. The molecule has 2 rings (SSSR count). The third-order valence-corrected chi connectivity index (χ3v) is 4.33. The number of rotatable bonds is 2. The van der Waals surface area contributed by atoms with Crippen molar-refractivity contribution in [1.29, 1.82) is 0 Å². The molecule has 2 heteroatoms. The highest BCUT2D eigenvalue weighted by atomic mass is 15.1. The van der Waals surface area contributed by atoms with Crippen molar-refractivity contribution in [3.8, 4) is 0 Å². The van der Waals surface area contributed by atoms with Crippen molar-refractivity contribution in [3.63, 3.8) is 0 Å². The van der Waals surface area contributed by atoms with E-state index in [1.165, 1.54) is 77.8 Å². The molecule has 0 spiro atoms. The zero-order valence-electron chi connectivity index (χ0n) is 19.0. The maximum Gasteiger partial charge on any atom is 0.000691 e. The summed E-state index contributed by atoms with van der Waals surface area (Å²) in [6.45, 7) is 26.7. The molecule has 1 unspecified atom stereocenters. The third kappa shape index (κ3) is 18.3. The first kappa shape index (κ1) is 28.7. The summed E-state index contributed by atoms with van der Waals surface area (Å²) in [5, 5.41) is 0. The number of nitrogens with zero attached hydrogens (tertiary/aromatic N) is 2. The number of hydrogen-bond donors (Lipinski definition) is 0. The fraction of sp³-hybridized carbons (Fsp3) is 1.00. The Morgan fingerprint density at radius 2 is 1.04 bits per heavy atom. The van der Waals surface area contributed by atoms with Gasteiger partial charge in [-0.1, -0.05) is 75.2 Å². The lowest BCUT2D eigenvalue weighted by molar-refractivity contribution is 0.192. The normalized spacial score (nSPS) is 21.1. The predicted octanol–water partition coefficient (Wildman–Crippen LogP) is 6.70. The molecule has 2 heterocycles. The average molecular weight is 345 g/mol. The van der Waals surface area contributed by atoms with Crippen LogP contribution >= 0.6 is 0 Å². The monoisotopic (exact) mass is 344 g/mol. The van der Waals surface area contributed by atoms with Gasteiger partial charge in [0, 0.05) is 6.54 Å². The Hall–Kier alpha value is -0.0800. The van der Waals surface area contributed by atoms with Crippen LogP contribution in [0.3, 0.4) is 0 Å². The van der Waals surface area contributed by atoms with Gasteiger partial charge in [-0.15, -0.1) is 0 Å². The standard InChI is InChI=1S/2C8H17N.3C2H6/c1-3-9-6-4-5-8(2)7-9;1-2-9-7-5-3-4-6-8-9;3*1-2/h8H,3-7H2,1-2H3;2-8H2,1H3;3*1-2H3. The lowest BCUT2D eigenvalue weighted by Crippen LogP contribution is -2.33. The van der Waals surface area contributed by atoms with Gasteiger partial charge in [0.25, 0.3) is 0 Å². The first-order valence-corrected chi connectivity index (χ1v) is 11.2. The summed E-state index contributed by atoms with van der Waals surface area (Å²) in [5.74, 6) is 0.943. The van der Waals surface area contributed by atoms with Crippen molar-refractivity contribution in [2.45, 2.75) is 101 Å². The Morgan fingerprint density at radius 1 is 0.625 bits per heavy atom. The van der Waals surface area contributed by atoms with Gasteiger partial charge in [-0.2, -0.15) is 0 Å². The fourth-order valence-corrected chi connectivity index (χ4v) is 3.03. The van der Waals surface area contributed by atoms with Gasteiger partial charge in [0.1, 0.15) is 0 Å². The third-order valence-electron chi connectivity index (χ3n) is 4.33. The van der Waals surface area contributed by atoms with Gasteiger partial charge in [0.15, 0.2) is 0 Å². The first-order chi connectivity index (χ1) is 11.8. The molecule has 0 N–H and O–H groups in total. The number of hydrogen-bond acceptors (Lipinski definition) is 2. The smallest absolute Gasteiger partial charge is 0.000691 e. The van der Waals surface area contributed by atoms with Crippen LogP contribution in [0.25, 0.3) is 0 Å². The minimum Gasteiger partial charge on any atom is -0.304 e. The zero-order valence-corrected chi connectivity index (χ0v) is 19.0. The van der Waals surface area contributed by atoms with Gasteiger partial charge >= 0.3 is 0 Å². The highest BCUT2D eigenvalue weighted by Crippen LogP contribution is 2.14. The Morgan fingerprint density at radius 3 is 1.38 bits per heavy atom. The molecule has 2 aliphatic rings. The van der Waals surface area contributed by atoms with E-state index in [1.54, 1.807) is 0 Å². The average Bonchev–Trinajstić information content (AvgIpc) is 2.96. The van der Waals surface area contributed by atoms with Gasteiger partial charge in [-0.25, -0.2) is 0 Å². The number of piperidine rings is 1. The summed E-state index contributed by atoms with van der Waals surface area (Å²) in [6.07, 6.45) is 8.61. The molecule has 0 aliphatic carbocycles. The molecule has 2 nitrogen and oxygen atoms in total.